The molecule has 1 aliphatic rings. The van der Waals surface area contributed by atoms with Crippen LogP contribution in [-0.4, -0.2) is 16.9 Å². The van der Waals surface area contributed by atoms with Gasteiger partial charge in [-0.3, -0.25) is 19.8 Å². The lowest BCUT2D eigenvalue weighted by atomic mass is 10.1. The van der Waals surface area contributed by atoms with Gasteiger partial charge in [-0.1, -0.05) is 36.4 Å². The van der Waals surface area contributed by atoms with Gasteiger partial charge in [-0.2, -0.15) is 0 Å². The molecule has 0 aliphatic carbocycles. The smallest absolute Gasteiger partial charge is 0.270 e. The molecule has 4 rings (SSSR count). The van der Waals surface area contributed by atoms with Gasteiger partial charge in [-0.15, -0.1) is 0 Å². The summed E-state index contributed by atoms with van der Waals surface area (Å²) in [5.41, 5.74) is 0.374. The molecule has 1 aliphatic heterocycles. The first-order chi connectivity index (χ1) is 14.5. The molecule has 148 valence electrons. The van der Waals surface area contributed by atoms with Crippen LogP contribution in [0.4, 0.5) is 10.1 Å². The van der Waals surface area contributed by atoms with Crippen molar-refractivity contribution in [3.05, 3.63) is 95.8 Å². The first-order valence-electron chi connectivity index (χ1n) is 9.02. The Balaban J connectivity index is 1.61. The minimum absolute atomic E-state index is 0.0487. The highest BCUT2D eigenvalue weighted by molar-refractivity contribution is 7.80. The number of rotatable bonds is 4. The van der Waals surface area contributed by atoms with E-state index in [0.29, 0.717) is 17.2 Å². The lowest BCUT2D eigenvalue weighted by Gasteiger charge is -2.29. The second kappa shape index (κ2) is 8.26. The third-order valence-electron chi connectivity index (χ3n) is 4.38. The number of carbonyl (C=O) groups excluding carboxylic acids is 2. The molecule has 0 aromatic heterocycles. The summed E-state index contributed by atoms with van der Waals surface area (Å²) in [5, 5.41) is 2.43. The summed E-state index contributed by atoms with van der Waals surface area (Å²) in [7, 11) is 0. The second-order valence-electron chi connectivity index (χ2n) is 6.39. The molecule has 2 amide bonds. The predicted molar refractivity (Wildman–Crippen MR) is 116 cm³/mol. The van der Waals surface area contributed by atoms with Crippen molar-refractivity contribution in [2.45, 2.75) is 0 Å². The molecule has 5 nitrogen and oxygen atoms in total. The van der Waals surface area contributed by atoms with Crippen molar-refractivity contribution in [1.82, 2.24) is 5.32 Å². The lowest BCUT2D eigenvalue weighted by molar-refractivity contribution is -0.122. The SMILES string of the molecule is O=C1NC(=S)N(c2ccc(Oc3ccccc3)cc2)C(=O)C1=Cc1ccccc1F. The molecule has 7 heteroatoms. The minimum Gasteiger partial charge on any atom is -0.457 e. The van der Waals surface area contributed by atoms with Crippen LogP contribution in [0.2, 0.25) is 0 Å². The maximum absolute atomic E-state index is 14.0. The average Bonchev–Trinajstić information content (AvgIpc) is 2.74. The van der Waals surface area contributed by atoms with Crippen LogP contribution in [0, 0.1) is 5.82 Å². The van der Waals surface area contributed by atoms with Gasteiger partial charge in [0.1, 0.15) is 22.9 Å². The summed E-state index contributed by atoms with van der Waals surface area (Å²) in [6.45, 7) is 0. The molecule has 1 N–H and O–H groups in total. The largest absolute Gasteiger partial charge is 0.457 e. The Morgan fingerprint density at radius 2 is 1.50 bits per heavy atom. The van der Waals surface area contributed by atoms with E-state index in [1.807, 2.05) is 30.3 Å². The number of hydrogen-bond donors (Lipinski definition) is 1. The zero-order valence-corrected chi connectivity index (χ0v) is 16.4. The Bertz CT molecular complexity index is 1160. The van der Waals surface area contributed by atoms with Gasteiger partial charge in [0.05, 0.1) is 5.69 Å². The van der Waals surface area contributed by atoms with Crippen LogP contribution in [0.15, 0.2) is 84.4 Å². The maximum atomic E-state index is 14.0. The molecule has 0 spiro atoms. The van der Waals surface area contributed by atoms with E-state index in [9.17, 15) is 14.0 Å². The molecule has 0 saturated carbocycles. The fourth-order valence-electron chi connectivity index (χ4n) is 2.93. The van der Waals surface area contributed by atoms with E-state index in [2.05, 4.69) is 5.32 Å². The molecule has 3 aromatic rings. The van der Waals surface area contributed by atoms with Crippen LogP contribution in [0.25, 0.3) is 6.08 Å². The fourth-order valence-corrected chi connectivity index (χ4v) is 3.21. The Morgan fingerprint density at radius 3 is 2.20 bits per heavy atom. The third kappa shape index (κ3) is 3.97. The van der Waals surface area contributed by atoms with Crippen molar-refractivity contribution in [2.75, 3.05) is 4.90 Å². The number of para-hydroxylation sites is 1. The van der Waals surface area contributed by atoms with Crippen molar-refractivity contribution in [3.8, 4) is 11.5 Å². The molecule has 1 heterocycles. The summed E-state index contributed by atoms with van der Waals surface area (Å²) in [6.07, 6.45) is 1.22. The fraction of sp³-hybridized carbons (Fsp3) is 0. The van der Waals surface area contributed by atoms with Gasteiger partial charge in [0.25, 0.3) is 11.8 Å². The van der Waals surface area contributed by atoms with Gasteiger partial charge >= 0.3 is 0 Å². The van der Waals surface area contributed by atoms with Gasteiger partial charge in [0.2, 0.25) is 0 Å². The average molecular weight is 418 g/mol. The van der Waals surface area contributed by atoms with Crippen molar-refractivity contribution in [1.29, 1.82) is 0 Å². The summed E-state index contributed by atoms with van der Waals surface area (Å²) in [6, 6.07) is 21.8. The molecule has 1 fully saturated rings. The standard InChI is InChI=1S/C23H15FN2O3S/c24-20-9-5-4-6-15(20)14-19-21(27)25-23(30)26(22(19)28)16-10-12-18(13-11-16)29-17-7-2-1-3-8-17/h1-14H,(H,25,27,30). The first kappa shape index (κ1) is 19.5. The van der Waals surface area contributed by atoms with E-state index in [1.54, 1.807) is 30.3 Å². The van der Waals surface area contributed by atoms with Crippen molar-refractivity contribution < 1.29 is 18.7 Å². The van der Waals surface area contributed by atoms with E-state index >= 15 is 0 Å². The van der Waals surface area contributed by atoms with Crippen molar-refractivity contribution in [3.63, 3.8) is 0 Å². The van der Waals surface area contributed by atoms with E-state index in [4.69, 9.17) is 17.0 Å². The number of hydrogen-bond acceptors (Lipinski definition) is 4. The van der Waals surface area contributed by atoms with Crippen molar-refractivity contribution >= 4 is 40.9 Å². The summed E-state index contributed by atoms with van der Waals surface area (Å²) in [5.74, 6) is -0.589. The van der Waals surface area contributed by atoms with E-state index in [0.717, 1.165) is 0 Å². The first-order valence-corrected chi connectivity index (χ1v) is 9.43. The Hall–Kier alpha value is -3.84. The van der Waals surface area contributed by atoms with Crippen LogP contribution in [0.1, 0.15) is 5.56 Å². The Kier molecular flexibility index (Phi) is 5.36. The normalized spacial score (nSPS) is 15.3. The number of ether oxygens (including phenoxy) is 1. The van der Waals surface area contributed by atoms with Gasteiger partial charge in [0, 0.05) is 5.56 Å². The van der Waals surface area contributed by atoms with Gasteiger partial charge < -0.3 is 4.74 Å². The molecule has 0 bridgehead atoms. The highest BCUT2D eigenvalue weighted by atomic mass is 32.1. The zero-order valence-electron chi connectivity index (χ0n) is 15.5. The number of thiocarbonyl (C=S) groups is 1. The number of halogens is 1. The molecule has 3 aromatic carbocycles. The molecular weight excluding hydrogens is 403 g/mol. The molecular formula is C23H15FN2O3S. The molecule has 30 heavy (non-hydrogen) atoms. The second-order valence-corrected chi connectivity index (χ2v) is 6.78. The van der Waals surface area contributed by atoms with Crippen LogP contribution in [0.5, 0.6) is 11.5 Å². The van der Waals surface area contributed by atoms with E-state index < -0.39 is 17.6 Å². The quantitative estimate of drug-likeness (QED) is 0.386. The Morgan fingerprint density at radius 1 is 0.867 bits per heavy atom. The number of anilines is 1. The lowest BCUT2D eigenvalue weighted by Crippen LogP contribution is -2.54. The van der Waals surface area contributed by atoms with Gasteiger partial charge in [-0.25, -0.2) is 4.39 Å². The molecule has 0 unspecified atom stereocenters. The van der Waals surface area contributed by atoms with Crippen LogP contribution in [-0.2, 0) is 9.59 Å². The monoisotopic (exact) mass is 418 g/mol. The van der Waals surface area contributed by atoms with Crippen LogP contribution < -0.4 is 15.0 Å². The zero-order chi connectivity index (χ0) is 21.1. The summed E-state index contributed by atoms with van der Waals surface area (Å²) in [4.78, 5) is 26.5. The number of carbonyl (C=O) groups is 2. The predicted octanol–water partition coefficient (Wildman–Crippen LogP) is 4.45. The third-order valence-corrected chi connectivity index (χ3v) is 4.67. The maximum Gasteiger partial charge on any atom is 0.270 e. The number of nitrogens with zero attached hydrogens (tertiary/aromatic N) is 1. The van der Waals surface area contributed by atoms with Crippen LogP contribution in [0.3, 0.4) is 0 Å². The summed E-state index contributed by atoms with van der Waals surface area (Å²) >= 11 is 5.19. The topological polar surface area (TPSA) is 58.6 Å². The molecule has 0 radical (unpaired) electrons. The number of benzene rings is 3. The van der Waals surface area contributed by atoms with Gasteiger partial charge in [-0.05, 0) is 60.8 Å². The highest BCUT2D eigenvalue weighted by Gasteiger charge is 2.34. The number of nitrogens with one attached hydrogen (secondary N) is 1. The van der Waals surface area contributed by atoms with E-state index in [1.165, 1.54) is 29.2 Å². The highest BCUT2D eigenvalue weighted by Crippen LogP contribution is 2.27. The van der Waals surface area contributed by atoms with Crippen molar-refractivity contribution in [2.24, 2.45) is 0 Å². The summed E-state index contributed by atoms with van der Waals surface area (Å²) < 4.78 is 19.7. The number of amides is 2. The van der Waals surface area contributed by atoms with E-state index in [-0.39, 0.29) is 16.2 Å². The van der Waals surface area contributed by atoms with Gasteiger partial charge in [0.15, 0.2) is 5.11 Å². The Labute approximate surface area is 177 Å². The molecule has 1 saturated heterocycles. The van der Waals surface area contributed by atoms with Crippen LogP contribution >= 0.6 is 12.2 Å². The molecule has 0 atom stereocenters. The minimum atomic E-state index is -0.673.